The number of carbonyl (C=O) groups is 3. The summed E-state index contributed by atoms with van der Waals surface area (Å²) in [6.45, 7) is 0.0605. The van der Waals surface area contributed by atoms with Crippen LogP contribution >= 0.6 is 0 Å². The average molecular weight is 361 g/mol. The molecule has 3 amide bonds. The van der Waals surface area contributed by atoms with E-state index in [1.165, 1.54) is 4.90 Å². The minimum absolute atomic E-state index is 0.0383. The quantitative estimate of drug-likeness (QED) is 0.583. The van der Waals surface area contributed by atoms with Crippen LogP contribution in [0.25, 0.3) is 0 Å². The largest absolute Gasteiger partial charge is 0.418 e. The molecule has 3 fully saturated rings. The molecule has 2 bridgehead atoms. The molecule has 11 heteroatoms. The summed E-state index contributed by atoms with van der Waals surface area (Å²) in [5, 5.41) is 3.13. The number of nitrogens with zero attached hydrogens (tertiary/aromatic N) is 2. The van der Waals surface area contributed by atoms with Gasteiger partial charge in [0.1, 0.15) is 6.04 Å². The third-order valence-corrected chi connectivity index (χ3v) is 4.82. The maximum Gasteiger partial charge on any atom is 0.418 e. The second-order valence-corrected chi connectivity index (χ2v) is 7.42. The Morgan fingerprint density at radius 3 is 2.58 bits per heavy atom. The second-order valence-electron chi connectivity index (χ2n) is 6.41. The highest BCUT2D eigenvalue weighted by Gasteiger charge is 2.49. The molecule has 2 aliphatic heterocycles. The SMILES string of the molecule is O=C(CNC(=O)[C@@H]1CC[C@@H]2CN1C(=O)N2OS(=O)(=O)O)CC1CC1. The number of amides is 3. The predicted octanol–water partition coefficient (Wildman–Crippen LogP) is -0.525. The lowest BCUT2D eigenvalue weighted by molar-refractivity contribution is -0.128. The van der Waals surface area contributed by atoms with Gasteiger partial charge in [0.25, 0.3) is 0 Å². The average Bonchev–Trinajstić information content (AvgIpc) is 3.28. The standard InChI is InChI=1S/C13H19N3O7S/c17-10(5-8-1-2-8)6-14-12(18)11-4-3-9-7-15(11)13(19)16(9)23-24(20,21)22/h8-9,11H,1-7H2,(H,14,18)(H,20,21,22)/t9-,11+/m1/s1. The van der Waals surface area contributed by atoms with Gasteiger partial charge in [0.2, 0.25) is 5.91 Å². The molecule has 2 heterocycles. The van der Waals surface area contributed by atoms with E-state index in [0.29, 0.717) is 30.2 Å². The van der Waals surface area contributed by atoms with E-state index < -0.39 is 34.4 Å². The number of fused-ring (bicyclic) bond motifs is 2. The summed E-state index contributed by atoms with van der Waals surface area (Å²) in [7, 11) is -4.81. The van der Waals surface area contributed by atoms with Crippen LogP contribution in [-0.4, -0.2) is 65.8 Å². The zero-order chi connectivity index (χ0) is 17.5. The van der Waals surface area contributed by atoms with Gasteiger partial charge >= 0.3 is 16.4 Å². The van der Waals surface area contributed by atoms with E-state index in [4.69, 9.17) is 4.55 Å². The zero-order valence-electron chi connectivity index (χ0n) is 12.9. The Hall–Kier alpha value is -1.72. The molecule has 0 unspecified atom stereocenters. The van der Waals surface area contributed by atoms with Crippen molar-refractivity contribution >= 4 is 28.1 Å². The Kier molecular flexibility index (Phi) is 4.49. The van der Waals surface area contributed by atoms with Crippen LogP contribution in [0.15, 0.2) is 0 Å². The lowest BCUT2D eigenvalue weighted by Gasteiger charge is -2.29. The Morgan fingerprint density at radius 1 is 1.25 bits per heavy atom. The van der Waals surface area contributed by atoms with Crippen molar-refractivity contribution < 1.29 is 31.6 Å². The molecule has 0 aromatic heterocycles. The maximum atomic E-state index is 12.2. The van der Waals surface area contributed by atoms with E-state index >= 15 is 0 Å². The fourth-order valence-corrected chi connectivity index (χ4v) is 3.51. The predicted molar refractivity (Wildman–Crippen MR) is 78.7 cm³/mol. The number of ketones is 1. The van der Waals surface area contributed by atoms with Crippen LogP contribution in [0.4, 0.5) is 4.79 Å². The number of urea groups is 1. The van der Waals surface area contributed by atoms with Crippen molar-refractivity contribution in [2.45, 2.75) is 44.2 Å². The van der Waals surface area contributed by atoms with E-state index in [-0.39, 0.29) is 18.9 Å². The number of nitrogens with one attached hydrogen (secondary N) is 1. The van der Waals surface area contributed by atoms with Crippen LogP contribution in [0.3, 0.4) is 0 Å². The molecule has 3 aliphatic rings. The van der Waals surface area contributed by atoms with Crippen LogP contribution in [0.2, 0.25) is 0 Å². The molecule has 134 valence electrons. The summed E-state index contributed by atoms with van der Waals surface area (Å²) in [6.07, 6.45) is 3.24. The van der Waals surface area contributed by atoms with Crippen molar-refractivity contribution in [3.05, 3.63) is 0 Å². The molecule has 2 N–H and O–H groups in total. The van der Waals surface area contributed by atoms with E-state index in [1.807, 2.05) is 0 Å². The molecule has 0 aromatic carbocycles. The van der Waals surface area contributed by atoms with Gasteiger partial charge in [-0.2, -0.15) is 13.5 Å². The molecule has 1 aliphatic carbocycles. The van der Waals surface area contributed by atoms with Crippen LogP contribution in [0.5, 0.6) is 0 Å². The first kappa shape index (κ1) is 17.1. The monoisotopic (exact) mass is 361 g/mol. The first-order valence-electron chi connectivity index (χ1n) is 7.81. The van der Waals surface area contributed by atoms with Crippen LogP contribution in [-0.2, 0) is 24.3 Å². The van der Waals surface area contributed by atoms with Crippen molar-refractivity contribution in [1.82, 2.24) is 15.3 Å². The van der Waals surface area contributed by atoms with Gasteiger partial charge in [0, 0.05) is 13.0 Å². The smallest absolute Gasteiger partial charge is 0.347 e. The Morgan fingerprint density at radius 2 is 1.96 bits per heavy atom. The van der Waals surface area contributed by atoms with Gasteiger partial charge in [-0.1, -0.05) is 0 Å². The fraction of sp³-hybridized carbons (Fsp3) is 0.769. The molecule has 2 saturated heterocycles. The van der Waals surface area contributed by atoms with Gasteiger partial charge in [-0.05, 0) is 31.6 Å². The topological polar surface area (TPSA) is 133 Å². The molecule has 0 spiro atoms. The van der Waals surface area contributed by atoms with Crippen LogP contribution in [0.1, 0.15) is 32.1 Å². The van der Waals surface area contributed by atoms with E-state index in [2.05, 4.69) is 9.60 Å². The number of Topliss-reactive ketones (excluding diaryl/α,β-unsaturated/α-hetero) is 1. The summed E-state index contributed by atoms with van der Waals surface area (Å²) >= 11 is 0. The number of piperidine rings is 1. The lowest BCUT2D eigenvalue weighted by atomic mass is 10.0. The van der Waals surface area contributed by atoms with Gasteiger partial charge in [-0.25, -0.2) is 4.79 Å². The van der Waals surface area contributed by atoms with Gasteiger partial charge in [0.05, 0.1) is 12.6 Å². The Labute approximate surface area is 139 Å². The molecule has 0 radical (unpaired) electrons. The van der Waals surface area contributed by atoms with Gasteiger partial charge in [-0.15, -0.1) is 4.28 Å². The molecular weight excluding hydrogens is 342 g/mol. The second kappa shape index (κ2) is 6.30. The van der Waals surface area contributed by atoms with Crippen molar-refractivity contribution in [1.29, 1.82) is 0 Å². The fourth-order valence-electron chi connectivity index (χ4n) is 3.12. The Bertz CT molecular complexity index is 660. The normalized spacial score (nSPS) is 26.6. The summed E-state index contributed by atoms with van der Waals surface area (Å²) < 4.78 is 34.6. The number of hydrogen-bond donors (Lipinski definition) is 2. The minimum atomic E-state index is -4.81. The molecule has 0 aromatic rings. The van der Waals surface area contributed by atoms with Gasteiger partial charge in [0.15, 0.2) is 5.78 Å². The highest BCUT2D eigenvalue weighted by molar-refractivity contribution is 7.80. The minimum Gasteiger partial charge on any atom is -0.347 e. The van der Waals surface area contributed by atoms with Gasteiger partial charge in [-0.3, -0.25) is 14.1 Å². The maximum absolute atomic E-state index is 12.2. The summed E-state index contributed by atoms with van der Waals surface area (Å²) in [6, 6.07) is -2.11. The van der Waals surface area contributed by atoms with E-state index in [1.54, 1.807) is 0 Å². The van der Waals surface area contributed by atoms with Crippen molar-refractivity contribution in [2.24, 2.45) is 5.92 Å². The lowest BCUT2D eigenvalue weighted by Crippen LogP contribution is -2.50. The molecule has 2 atom stereocenters. The van der Waals surface area contributed by atoms with Crippen molar-refractivity contribution in [3.8, 4) is 0 Å². The molecular formula is C13H19N3O7S. The molecule has 24 heavy (non-hydrogen) atoms. The molecule has 1 saturated carbocycles. The highest BCUT2D eigenvalue weighted by Crippen LogP contribution is 2.32. The zero-order valence-corrected chi connectivity index (χ0v) is 13.7. The Balaban J connectivity index is 1.56. The number of hydroxylamine groups is 2. The van der Waals surface area contributed by atoms with Gasteiger partial charge < -0.3 is 10.2 Å². The van der Waals surface area contributed by atoms with Crippen LogP contribution < -0.4 is 5.32 Å². The highest BCUT2D eigenvalue weighted by atomic mass is 32.3. The summed E-state index contributed by atoms with van der Waals surface area (Å²) in [5.74, 6) is -0.0422. The first-order chi connectivity index (χ1) is 11.2. The first-order valence-corrected chi connectivity index (χ1v) is 9.17. The van der Waals surface area contributed by atoms with Crippen molar-refractivity contribution in [2.75, 3.05) is 13.1 Å². The van der Waals surface area contributed by atoms with Crippen molar-refractivity contribution in [3.63, 3.8) is 0 Å². The summed E-state index contributed by atoms with van der Waals surface area (Å²) in [5.41, 5.74) is 0. The number of rotatable bonds is 7. The molecule has 3 rings (SSSR count). The number of carbonyl (C=O) groups excluding carboxylic acids is 3. The summed E-state index contributed by atoms with van der Waals surface area (Å²) in [4.78, 5) is 37.3. The molecule has 10 nitrogen and oxygen atoms in total. The number of hydrogen-bond acceptors (Lipinski definition) is 6. The third-order valence-electron chi connectivity index (χ3n) is 4.47. The van der Waals surface area contributed by atoms with E-state index in [9.17, 15) is 22.8 Å². The van der Waals surface area contributed by atoms with Crippen LogP contribution in [0, 0.1) is 5.92 Å². The van der Waals surface area contributed by atoms with E-state index in [0.717, 1.165) is 12.8 Å². The third kappa shape index (κ3) is 3.84.